The van der Waals surface area contributed by atoms with E-state index in [0.717, 1.165) is 16.9 Å². The molecule has 0 radical (unpaired) electrons. The minimum Gasteiger partial charge on any atom is -0.378 e. The van der Waals surface area contributed by atoms with E-state index in [1.807, 2.05) is 56.6 Å². The average Bonchev–Trinajstić information content (AvgIpc) is 2.46. The first-order chi connectivity index (χ1) is 9.65. The van der Waals surface area contributed by atoms with E-state index in [1.165, 1.54) is 0 Å². The summed E-state index contributed by atoms with van der Waals surface area (Å²) >= 11 is 0. The second-order valence-electron chi connectivity index (χ2n) is 4.76. The Hall–Kier alpha value is -2.49. The highest BCUT2D eigenvalue weighted by Crippen LogP contribution is 2.14. The molecule has 2 rings (SSSR count). The van der Waals surface area contributed by atoms with Crippen LogP contribution in [0.1, 0.15) is 5.56 Å². The maximum absolute atomic E-state index is 5.88. The monoisotopic (exact) mass is 268 g/mol. The zero-order valence-corrected chi connectivity index (χ0v) is 11.9. The van der Waals surface area contributed by atoms with Crippen molar-refractivity contribution in [3.63, 3.8) is 0 Å². The molecule has 0 aliphatic rings. The Bertz CT molecular complexity index is 576. The zero-order chi connectivity index (χ0) is 14.4. The van der Waals surface area contributed by atoms with Crippen LogP contribution in [0.4, 0.5) is 11.4 Å². The number of rotatable bonds is 4. The Morgan fingerprint density at radius 3 is 2.55 bits per heavy atom. The zero-order valence-electron chi connectivity index (χ0n) is 11.9. The van der Waals surface area contributed by atoms with Gasteiger partial charge in [-0.3, -0.25) is 0 Å². The molecule has 0 heterocycles. The van der Waals surface area contributed by atoms with Gasteiger partial charge >= 0.3 is 0 Å². The summed E-state index contributed by atoms with van der Waals surface area (Å²) < 4.78 is 0. The third-order valence-electron chi connectivity index (χ3n) is 2.91. The third kappa shape index (κ3) is 4.02. The Morgan fingerprint density at radius 2 is 1.85 bits per heavy atom. The Labute approximate surface area is 119 Å². The molecule has 3 N–H and O–H groups in total. The van der Waals surface area contributed by atoms with Gasteiger partial charge in [0.1, 0.15) is 0 Å². The molecule has 0 aliphatic carbocycles. The number of para-hydroxylation sites is 1. The van der Waals surface area contributed by atoms with Crippen LogP contribution in [-0.2, 0) is 6.54 Å². The first-order valence-electron chi connectivity index (χ1n) is 6.53. The number of hydrogen-bond donors (Lipinski definition) is 2. The number of nitrogens with zero attached hydrogens (tertiary/aromatic N) is 2. The van der Waals surface area contributed by atoms with E-state index in [9.17, 15) is 0 Å². The molecule has 104 valence electrons. The number of hydrogen-bond acceptors (Lipinski definition) is 2. The van der Waals surface area contributed by atoms with E-state index in [4.69, 9.17) is 5.73 Å². The summed E-state index contributed by atoms with van der Waals surface area (Å²) in [6, 6.07) is 18.0. The van der Waals surface area contributed by atoms with Gasteiger partial charge in [0.05, 0.1) is 6.54 Å². The quantitative estimate of drug-likeness (QED) is 0.662. The number of anilines is 2. The van der Waals surface area contributed by atoms with Crippen molar-refractivity contribution in [1.82, 2.24) is 0 Å². The first-order valence-corrected chi connectivity index (χ1v) is 6.53. The fourth-order valence-electron chi connectivity index (χ4n) is 1.82. The molecule has 2 aromatic carbocycles. The normalized spacial score (nSPS) is 11.2. The van der Waals surface area contributed by atoms with Gasteiger partial charge in [0, 0.05) is 25.5 Å². The van der Waals surface area contributed by atoms with Crippen LogP contribution in [0.2, 0.25) is 0 Å². The van der Waals surface area contributed by atoms with Gasteiger partial charge in [0.15, 0.2) is 5.96 Å². The molecule has 0 atom stereocenters. The van der Waals surface area contributed by atoms with Crippen molar-refractivity contribution in [3.05, 3.63) is 60.2 Å². The maximum Gasteiger partial charge on any atom is 0.193 e. The summed E-state index contributed by atoms with van der Waals surface area (Å²) in [5.74, 6) is 0.423. The minimum atomic E-state index is 0.423. The molecule has 0 fully saturated rings. The van der Waals surface area contributed by atoms with Gasteiger partial charge in [-0.05, 0) is 29.8 Å². The fraction of sp³-hybridized carbons (Fsp3) is 0.188. The number of nitrogens with one attached hydrogen (secondary N) is 1. The van der Waals surface area contributed by atoms with E-state index in [-0.39, 0.29) is 0 Å². The third-order valence-corrected chi connectivity index (χ3v) is 2.91. The van der Waals surface area contributed by atoms with Gasteiger partial charge in [-0.1, -0.05) is 30.3 Å². The maximum atomic E-state index is 5.88. The van der Waals surface area contributed by atoms with Crippen molar-refractivity contribution in [2.45, 2.75) is 6.54 Å². The summed E-state index contributed by atoms with van der Waals surface area (Å²) in [5.41, 5.74) is 9.11. The van der Waals surface area contributed by atoms with Gasteiger partial charge in [-0.15, -0.1) is 0 Å². The second-order valence-corrected chi connectivity index (χ2v) is 4.76. The lowest BCUT2D eigenvalue weighted by atomic mass is 10.2. The van der Waals surface area contributed by atoms with Crippen LogP contribution >= 0.6 is 0 Å². The molecule has 0 unspecified atom stereocenters. The SMILES string of the molecule is CN(C)c1cccc(CN=C(N)Nc2ccccc2)c1. The van der Waals surface area contributed by atoms with E-state index in [2.05, 4.69) is 27.3 Å². The van der Waals surface area contributed by atoms with Crippen molar-refractivity contribution < 1.29 is 0 Å². The van der Waals surface area contributed by atoms with Crippen LogP contribution < -0.4 is 16.0 Å². The number of guanidine groups is 1. The molecule has 4 nitrogen and oxygen atoms in total. The van der Waals surface area contributed by atoms with E-state index < -0.39 is 0 Å². The average molecular weight is 268 g/mol. The molecule has 0 saturated carbocycles. The van der Waals surface area contributed by atoms with Gasteiger partial charge in [-0.25, -0.2) is 4.99 Å². The van der Waals surface area contributed by atoms with Gasteiger partial charge in [0.2, 0.25) is 0 Å². The highest BCUT2D eigenvalue weighted by atomic mass is 15.1. The number of benzene rings is 2. The Kier molecular flexibility index (Phi) is 4.60. The summed E-state index contributed by atoms with van der Waals surface area (Å²) in [4.78, 5) is 6.42. The predicted molar refractivity (Wildman–Crippen MR) is 86.2 cm³/mol. The number of nitrogens with two attached hydrogens (primary N) is 1. The fourth-order valence-corrected chi connectivity index (χ4v) is 1.82. The molecule has 4 heteroatoms. The Balaban J connectivity index is 2.00. The Morgan fingerprint density at radius 1 is 1.10 bits per heavy atom. The smallest absolute Gasteiger partial charge is 0.193 e. The topological polar surface area (TPSA) is 53.6 Å². The van der Waals surface area contributed by atoms with Gasteiger partial charge in [0.25, 0.3) is 0 Å². The molecular formula is C16H20N4. The van der Waals surface area contributed by atoms with Gasteiger partial charge < -0.3 is 16.0 Å². The van der Waals surface area contributed by atoms with Crippen molar-refractivity contribution in [2.75, 3.05) is 24.3 Å². The molecule has 0 bridgehead atoms. The lowest BCUT2D eigenvalue weighted by Crippen LogP contribution is -2.22. The number of aliphatic imine (C=N–C) groups is 1. The lowest BCUT2D eigenvalue weighted by Gasteiger charge is -2.13. The van der Waals surface area contributed by atoms with E-state index >= 15 is 0 Å². The standard InChI is InChI=1S/C16H20N4/c1-20(2)15-10-6-7-13(11-15)12-18-16(17)19-14-8-4-3-5-9-14/h3-11H,12H2,1-2H3,(H3,17,18,19). The van der Waals surface area contributed by atoms with Crippen LogP contribution in [-0.4, -0.2) is 20.1 Å². The van der Waals surface area contributed by atoms with Crippen LogP contribution in [0.15, 0.2) is 59.6 Å². The predicted octanol–water partition coefficient (Wildman–Crippen LogP) is 2.68. The molecule has 0 spiro atoms. The molecule has 20 heavy (non-hydrogen) atoms. The highest BCUT2D eigenvalue weighted by molar-refractivity contribution is 5.92. The van der Waals surface area contributed by atoms with Crippen LogP contribution in [0.3, 0.4) is 0 Å². The van der Waals surface area contributed by atoms with Gasteiger partial charge in [-0.2, -0.15) is 0 Å². The second kappa shape index (κ2) is 6.61. The molecule has 0 saturated heterocycles. The summed E-state index contributed by atoms with van der Waals surface area (Å²) in [5, 5.41) is 3.07. The van der Waals surface area contributed by atoms with Crippen LogP contribution in [0.5, 0.6) is 0 Å². The van der Waals surface area contributed by atoms with Crippen LogP contribution in [0.25, 0.3) is 0 Å². The van der Waals surface area contributed by atoms with E-state index in [1.54, 1.807) is 0 Å². The largest absolute Gasteiger partial charge is 0.378 e. The molecule has 2 aromatic rings. The van der Waals surface area contributed by atoms with Crippen molar-refractivity contribution in [1.29, 1.82) is 0 Å². The summed E-state index contributed by atoms with van der Waals surface area (Å²) in [6.07, 6.45) is 0. The molecular weight excluding hydrogens is 248 g/mol. The van der Waals surface area contributed by atoms with Crippen molar-refractivity contribution in [2.24, 2.45) is 10.7 Å². The van der Waals surface area contributed by atoms with Crippen LogP contribution in [0, 0.1) is 0 Å². The highest BCUT2D eigenvalue weighted by Gasteiger charge is 1.98. The summed E-state index contributed by atoms with van der Waals surface area (Å²) in [7, 11) is 4.04. The van der Waals surface area contributed by atoms with Crippen molar-refractivity contribution >= 4 is 17.3 Å². The lowest BCUT2D eigenvalue weighted by molar-refractivity contribution is 1.05. The minimum absolute atomic E-state index is 0.423. The summed E-state index contributed by atoms with van der Waals surface area (Å²) in [6.45, 7) is 0.563. The molecule has 0 aromatic heterocycles. The molecule has 0 amide bonds. The van der Waals surface area contributed by atoms with E-state index in [0.29, 0.717) is 12.5 Å². The first kappa shape index (κ1) is 13.9. The van der Waals surface area contributed by atoms with Crippen molar-refractivity contribution in [3.8, 4) is 0 Å². The molecule has 0 aliphatic heterocycles.